The fourth-order valence-electron chi connectivity index (χ4n) is 4.48. The van der Waals surface area contributed by atoms with Crippen molar-refractivity contribution in [2.24, 2.45) is 11.8 Å². The maximum atomic E-state index is 13.3. The molecule has 1 fully saturated rings. The summed E-state index contributed by atoms with van der Waals surface area (Å²) in [6.45, 7) is 0. The van der Waals surface area contributed by atoms with E-state index in [0.717, 1.165) is 5.56 Å². The van der Waals surface area contributed by atoms with Gasteiger partial charge in [0.25, 0.3) is 5.54 Å². The standard InChI is InChI=1S/C20H17NO3/c22-19(15-9-5-2-6-10-15)20(21(23)24)17-12-11-16(13-17)18(20)14-7-3-1-4-8-14/h1-12,16-18H,13H2/t16-,17+,18+,20+/m1/s1. The number of hydrogen-bond acceptors (Lipinski definition) is 3. The van der Waals surface area contributed by atoms with E-state index in [1.165, 1.54) is 0 Å². The van der Waals surface area contributed by atoms with Crippen LogP contribution in [-0.2, 0) is 0 Å². The second-order valence-electron chi connectivity index (χ2n) is 6.56. The van der Waals surface area contributed by atoms with Crippen LogP contribution in [-0.4, -0.2) is 16.2 Å². The van der Waals surface area contributed by atoms with Crippen molar-refractivity contribution >= 4 is 5.78 Å². The molecule has 4 heteroatoms. The average Bonchev–Trinajstić information content (AvgIpc) is 3.22. The monoisotopic (exact) mass is 319 g/mol. The summed E-state index contributed by atoms with van der Waals surface area (Å²) >= 11 is 0. The van der Waals surface area contributed by atoms with E-state index in [1.807, 2.05) is 48.6 Å². The molecule has 2 aromatic carbocycles. The quantitative estimate of drug-likeness (QED) is 0.372. The summed E-state index contributed by atoms with van der Waals surface area (Å²) in [5, 5.41) is 12.3. The van der Waals surface area contributed by atoms with Crippen LogP contribution in [0.3, 0.4) is 0 Å². The first-order valence-electron chi connectivity index (χ1n) is 8.13. The molecule has 1 saturated carbocycles. The summed E-state index contributed by atoms with van der Waals surface area (Å²) < 4.78 is 0. The van der Waals surface area contributed by atoms with E-state index in [1.54, 1.807) is 24.3 Å². The molecule has 0 unspecified atom stereocenters. The maximum absolute atomic E-state index is 13.3. The third-order valence-electron chi connectivity index (χ3n) is 5.44. The SMILES string of the molecule is O=C(c1ccccc1)[C@]1([N+](=O)[O-])[C@H]2C=C[C@H](C2)[C@@H]1c1ccccc1. The van der Waals surface area contributed by atoms with Gasteiger partial charge in [0.05, 0.1) is 11.8 Å². The summed E-state index contributed by atoms with van der Waals surface area (Å²) in [5.74, 6) is -1.11. The Labute approximate surface area is 140 Å². The summed E-state index contributed by atoms with van der Waals surface area (Å²) in [6.07, 6.45) is 4.58. The Morgan fingerprint density at radius 1 is 1.00 bits per heavy atom. The van der Waals surface area contributed by atoms with Crippen LogP contribution in [0, 0.1) is 22.0 Å². The van der Waals surface area contributed by atoms with Crippen molar-refractivity contribution in [2.45, 2.75) is 17.9 Å². The predicted octanol–water partition coefficient (Wildman–Crippen LogP) is 3.87. The molecular weight excluding hydrogens is 302 g/mol. The lowest BCUT2D eigenvalue weighted by atomic mass is 9.69. The van der Waals surface area contributed by atoms with Crippen LogP contribution in [0.25, 0.3) is 0 Å². The van der Waals surface area contributed by atoms with Crippen LogP contribution in [0.1, 0.15) is 28.3 Å². The number of carbonyl (C=O) groups is 1. The van der Waals surface area contributed by atoms with Crippen LogP contribution >= 0.6 is 0 Å². The highest BCUT2D eigenvalue weighted by Gasteiger charge is 2.70. The van der Waals surface area contributed by atoms with Gasteiger partial charge in [-0.2, -0.15) is 0 Å². The predicted molar refractivity (Wildman–Crippen MR) is 90.4 cm³/mol. The Bertz CT molecular complexity index is 815. The molecule has 0 radical (unpaired) electrons. The Morgan fingerprint density at radius 3 is 2.25 bits per heavy atom. The molecule has 0 aromatic heterocycles. The molecule has 2 aliphatic rings. The van der Waals surface area contributed by atoms with Gasteiger partial charge in [0.1, 0.15) is 0 Å². The van der Waals surface area contributed by atoms with Crippen LogP contribution in [0.2, 0.25) is 0 Å². The highest BCUT2D eigenvalue weighted by atomic mass is 16.6. The third-order valence-corrected chi connectivity index (χ3v) is 5.44. The molecule has 24 heavy (non-hydrogen) atoms. The molecule has 4 rings (SSSR count). The molecule has 4 atom stereocenters. The molecule has 0 aliphatic heterocycles. The largest absolute Gasteiger partial charge is 0.297 e. The average molecular weight is 319 g/mol. The minimum Gasteiger partial charge on any atom is -0.286 e. The van der Waals surface area contributed by atoms with Gasteiger partial charge in [0.2, 0.25) is 5.78 Å². The van der Waals surface area contributed by atoms with Crippen LogP contribution in [0.5, 0.6) is 0 Å². The zero-order valence-electron chi connectivity index (χ0n) is 13.0. The van der Waals surface area contributed by atoms with E-state index >= 15 is 0 Å². The molecule has 0 spiro atoms. The number of hydrogen-bond donors (Lipinski definition) is 0. The van der Waals surface area contributed by atoms with Gasteiger partial charge in [0, 0.05) is 10.5 Å². The van der Waals surface area contributed by atoms with E-state index in [2.05, 4.69) is 0 Å². The highest BCUT2D eigenvalue weighted by Crippen LogP contribution is 2.57. The number of Topliss-reactive ketones (excluding diaryl/α,β-unsaturated/α-hetero) is 1. The molecule has 0 saturated heterocycles. The summed E-state index contributed by atoms with van der Waals surface area (Å²) in [4.78, 5) is 25.2. The number of rotatable bonds is 4. The lowest BCUT2D eigenvalue weighted by molar-refractivity contribution is -0.558. The van der Waals surface area contributed by atoms with E-state index in [9.17, 15) is 14.9 Å². The van der Waals surface area contributed by atoms with Gasteiger partial charge in [-0.05, 0) is 17.9 Å². The molecule has 2 bridgehead atoms. The van der Waals surface area contributed by atoms with Gasteiger partial charge in [-0.3, -0.25) is 14.9 Å². The molecule has 2 aromatic rings. The zero-order chi connectivity index (χ0) is 16.7. The number of ketones is 1. The number of fused-ring (bicyclic) bond motifs is 2. The summed E-state index contributed by atoms with van der Waals surface area (Å²) in [5.41, 5.74) is -0.325. The fraction of sp³-hybridized carbons (Fsp3) is 0.250. The third kappa shape index (κ3) is 1.89. The lowest BCUT2D eigenvalue weighted by Gasteiger charge is -2.33. The Kier molecular flexibility index (Phi) is 3.34. The number of nitrogens with zero attached hydrogens (tertiary/aromatic N) is 1. The Hall–Kier alpha value is -2.75. The van der Waals surface area contributed by atoms with Crippen molar-refractivity contribution in [1.82, 2.24) is 0 Å². The van der Waals surface area contributed by atoms with E-state index in [0.29, 0.717) is 12.0 Å². The maximum Gasteiger partial charge on any atom is 0.297 e. The molecule has 0 N–H and O–H groups in total. The van der Waals surface area contributed by atoms with Gasteiger partial charge in [-0.25, -0.2) is 0 Å². The van der Waals surface area contributed by atoms with Crippen molar-refractivity contribution in [2.75, 3.05) is 0 Å². The summed E-state index contributed by atoms with van der Waals surface area (Å²) in [6, 6.07) is 18.1. The van der Waals surface area contributed by atoms with E-state index in [4.69, 9.17) is 0 Å². The van der Waals surface area contributed by atoms with E-state index < -0.39 is 11.5 Å². The smallest absolute Gasteiger partial charge is 0.286 e. The zero-order valence-corrected chi connectivity index (χ0v) is 13.0. The lowest BCUT2D eigenvalue weighted by Crippen LogP contribution is -2.54. The Morgan fingerprint density at radius 2 is 1.62 bits per heavy atom. The topological polar surface area (TPSA) is 60.2 Å². The second kappa shape index (κ2) is 5.41. The molecule has 120 valence electrons. The van der Waals surface area contributed by atoms with Gasteiger partial charge < -0.3 is 0 Å². The molecule has 0 heterocycles. The molecule has 2 aliphatic carbocycles. The van der Waals surface area contributed by atoms with Crippen LogP contribution < -0.4 is 0 Å². The van der Waals surface area contributed by atoms with Crippen molar-refractivity contribution in [3.05, 3.63) is 94.1 Å². The number of benzene rings is 2. The molecule has 4 nitrogen and oxygen atoms in total. The van der Waals surface area contributed by atoms with Crippen LogP contribution in [0.4, 0.5) is 0 Å². The number of carbonyl (C=O) groups excluding carboxylic acids is 1. The van der Waals surface area contributed by atoms with Gasteiger partial charge in [-0.1, -0.05) is 72.8 Å². The van der Waals surface area contributed by atoms with E-state index in [-0.39, 0.29) is 22.5 Å². The second-order valence-corrected chi connectivity index (χ2v) is 6.56. The first kappa shape index (κ1) is 14.8. The van der Waals surface area contributed by atoms with Crippen molar-refractivity contribution in [3.63, 3.8) is 0 Å². The molecule has 0 amide bonds. The summed E-state index contributed by atoms with van der Waals surface area (Å²) in [7, 11) is 0. The van der Waals surface area contributed by atoms with Crippen molar-refractivity contribution in [1.29, 1.82) is 0 Å². The minimum absolute atomic E-state index is 0.0375. The number of allylic oxidation sites excluding steroid dienone is 1. The van der Waals surface area contributed by atoms with Crippen molar-refractivity contribution < 1.29 is 9.72 Å². The first-order chi connectivity index (χ1) is 11.7. The van der Waals surface area contributed by atoms with Crippen LogP contribution in [0.15, 0.2) is 72.8 Å². The normalized spacial score (nSPS) is 30.4. The molecular formula is C20H17NO3. The fourth-order valence-corrected chi connectivity index (χ4v) is 4.48. The van der Waals surface area contributed by atoms with Gasteiger partial charge in [0.15, 0.2) is 0 Å². The minimum atomic E-state index is -1.61. The van der Waals surface area contributed by atoms with Crippen molar-refractivity contribution in [3.8, 4) is 0 Å². The number of nitro groups is 1. The first-order valence-corrected chi connectivity index (χ1v) is 8.13. The highest BCUT2D eigenvalue weighted by molar-refractivity contribution is 6.04. The van der Waals surface area contributed by atoms with Gasteiger partial charge in [-0.15, -0.1) is 0 Å². The van der Waals surface area contributed by atoms with Gasteiger partial charge >= 0.3 is 0 Å². The Balaban J connectivity index is 1.91.